The number of hydrogen-bond donors (Lipinski definition) is 1. The molecule has 0 radical (unpaired) electrons. The average molecular weight is 395 g/mol. The summed E-state index contributed by atoms with van der Waals surface area (Å²) < 4.78 is 0. The van der Waals surface area contributed by atoms with Crippen LogP contribution in [0.3, 0.4) is 0 Å². The van der Waals surface area contributed by atoms with Gasteiger partial charge in [0.15, 0.2) is 5.96 Å². The summed E-state index contributed by atoms with van der Waals surface area (Å²) in [7, 11) is 2.16. The average Bonchev–Trinajstić information content (AvgIpc) is 2.79. The summed E-state index contributed by atoms with van der Waals surface area (Å²) in [6, 6.07) is 16.7. The molecule has 1 aliphatic rings. The van der Waals surface area contributed by atoms with E-state index < -0.39 is 0 Å². The number of nitrogens with one attached hydrogen (secondary N) is 1. The van der Waals surface area contributed by atoms with E-state index >= 15 is 0 Å². The Morgan fingerprint density at radius 2 is 1.79 bits per heavy atom. The maximum Gasteiger partial charge on any atom is 0.194 e. The normalized spacial score (nSPS) is 14.8. The minimum absolute atomic E-state index is 0.866. The lowest BCUT2D eigenvalue weighted by molar-refractivity contribution is 0.371. The van der Waals surface area contributed by atoms with Gasteiger partial charge >= 0.3 is 0 Å². The van der Waals surface area contributed by atoms with Gasteiger partial charge in [-0.25, -0.2) is 4.98 Å². The van der Waals surface area contributed by atoms with E-state index in [0.29, 0.717) is 0 Å². The fourth-order valence-electron chi connectivity index (χ4n) is 3.57. The van der Waals surface area contributed by atoms with Gasteiger partial charge in [0.2, 0.25) is 0 Å². The lowest BCUT2D eigenvalue weighted by Gasteiger charge is -2.37. The van der Waals surface area contributed by atoms with Gasteiger partial charge in [-0.3, -0.25) is 4.99 Å². The number of hydrogen-bond acceptors (Lipinski definition) is 4. The topological polar surface area (TPSA) is 47.0 Å². The van der Waals surface area contributed by atoms with Crippen molar-refractivity contribution < 1.29 is 0 Å². The van der Waals surface area contributed by atoms with Crippen molar-refractivity contribution in [3.63, 3.8) is 0 Å². The van der Waals surface area contributed by atoms with Crippen LogP contribution >= 0.6 is 0 Å². The number of anilines is 2. The van der Waals surface area contributed by atoms with Gasteiger partial charge in [-0.1, -0.05) is 24.3 Å². The summed E-state index contributed by atoms with van der Waals surface area (Å²) in [6.07, 6.45) is 4.10. The molecule has 0 saturated carbocycles. The first kappa shape index (κ1) is 21.0. The molecule has 1 aromatic carbocycles. The van der Waals surface area contributed by atoms with Crippen molar-refractivity contribution >= 4 is 17.5 Å². The third kappa shape index (κ3) is 6.38. The molecule has 0 unspecified atom stereocenters. The number of unbranched alkanes of at least 4 members (excludes halogenated alkanes) is 1. The zero-order valence-corrected chi connectivity index (χ0v) is 17.8. The maximum absolute atomic E-state index is 4.88. The molecule has 156 valence electrons. The lowest BCUT2D eigenvalue weighted by atomic mass is 10.2. The molecule has 2 aromatic rings. The van der Waals surface area contributed by atoms with Crippen molar-refractivity contribution in [1.82, 2.24) is 15.2 Å². The van der Waals surface area contributed by atoms with E-state index in [9.17, 15) is 0 Å². The van der Waals surface area contributed by atoms with E-state index in [-0.39, 0.29) is 0 Å². The standard InChI is InChI=1S/C23H34N6/c1-3-24-23(26-15-9-10-16-27(2)21-11-5-4-6-12-21)29-19-17-28(18-20-29)22-13-7-8-14-25-22/h4-8,11-14H,3,9-10,15-20H2,1-2H3,(H,24,26). The van der Waals surface area contributed by atoms with Crippen LogP contribution < -0.4 is 15.1 Å². The Kier molecular flexibility index (Phi) is 8.16. The predicted octanol–water partition coefficient (Wildman–Crippen LogP) is 3.09. The summed E-state index contributed by atoms with van der Waals surface area (Å²) in [5.41, 5.74) is 1.27. The molecule has 1 fully saturated rings. The summed E-state index contributed by atoms with van der Waals surface area (Å²) in [5.74, 6) is 2.11. The Hall–Kier alpha value is -2.76. The zero-order valence-electron chi connectivity index (χ0n) is 17.8. The number of piperazine rings is 1. The molecule has 1 saturated heterocycles. The molecule has 0 aliphatic carbocycles. The van der Waals surface area contributed by atoms with E-state index in [1.54, 1.807) is 0 Å². The van der Waals surface area contributed by atoms with E-state index in [4.69, 9.17) is 4.99 Å². The highest BCUT2D eigenvalue weighted by atomic mass is 15.4. The Labute approximate surface area is 175 Å². The van der Waals surface area contributed by atoms with Gasteiger partial charge in [-0.15, -0.1) is 0 Å². The monoisotopic (exact) mass is 394 g/mol. The van der Waals surface area contributed by atoms with Crippen molar-refractivity contribution in [1.29, 1.82) is 0 Å². The predicted molar refractivity (Wildman–Crippen MR) is 123 cm³/mol. The molecule has 1 N–H and O–H groups in total. The summed E-state index contributed by atoms with van der Waals surface area (Å²) >= 11 is 0. The number of aliphatic imine (C=N–C) groups is 1. The Bertz CT molecular complexity index is 726. The van der Waals surface area contributed by atoms with Gasteiger partial charge in [0.25, 0.3) is 0 Å². The molecule has 3 rings (SSSR count). The first-order valence-electron chi connectivity index (χ1n) is 10.7. The van der Waals surface area contributed by atoms with Crippen LogP contribution in [-0.4, -0.2) is 68.7 Å². The summed E-state index contributed by atoms with van der Waals surface area (Å²) in [4.78, 5) is 16.4. The van der Waals surface area contributed by atoms with Crippen molar-refractivity contribution in [3.05, 3.63) is 54.7 Å². The fraction of sp³-hybridized carbons (Fsp3) is 0.478. The van der Waals surface area contributed by atoms with Crippen LogP contribution in [0.15, 0.2) is 59.7 Å². The van der Waals surface area contributed by atoms with Crippen LogP contribution in [0, 0.1) is 0 Å². The van der Waals surface area contributed by atoms with Crippen LogP contribution in [0.1, 0.15) is 19.8 Å². The highest BCUT2D eigenvalue weighted by Crippen LogP contribution is 2.13. The minimum Gasteiger partial charge on any atom is -0.375 e. The van der Waals surface area contributed by atoms with Gasteiger partial charge in [0, 0.05) is 64.7 Å². The molecule has 29 heavy (non-hydrogen) atoms. The Balaban J connectivity index is 1.43. The van der Waals surface area contributed by atoms with Gasteiger partial charge in [-0.2, -0.15) is 0 Å². The zero-order chi connectivity index (χ0) is 20.3. The number of nitrogens with zero attached hydrogens (tertiary/aromatic N) is 5. The molecule has 1 aromatic heterocycles. The molecule has 1 aliphatic heterocycles. The van der Waals surface area contributed by atoms with Crippen LogP contribution in [0.2, 0.25) is 0 Å². The second-order valence-corrected chi connectivity index (χ2v) is 7.36. The number of para-hydroxylation sites is 1. The van der Waals surface area contributed by atoms with Gasteiger partial charge in [0.05, 0.1) is 0 Å². The van der Waals surface area contributed by atoms with Crippen LogP contribution in [0.4, 0.5) is 11.5 Å². The summed E-state index contributed by atoms with van der Waals surface area (Å²) in [6.45, 7) is 8.85. The highest BCUT2D eigenvalue weighted by molar-refractivity contribution is 5.80. The largest absolute Gasteiger partial charge is 0.375 e. The van der Waals surface area contributed by atoms with Crippen molar-refractivity contribution in [2.24, 2.45) is 4.99 Å². The second-order valence-electron chi connectivity index (χ2n) is 7.36. The molecule has 0 amide bonds. The number of rotatable bonds is 8. The molecular weight excluding hydrogens is 360 g/mol. The van der Waals surface area contributed by atoms with E-state index in [0.717, 1.165) is 70.4 Å². The number of guanidine groups is 1. The quantitative estimate of drug-likeness (QED) is 0.424. The molecule has 0 bridgehead atoms. The van der Waals surface area contributed by atoms with E-state index in [1.807, 2.05) is 12.3 Å². The molecule has 0 atom stereocenters. The smallest absolute Gasteiger partial charge is 0.194 e. The van der Waals surface area contributed by atoms with Crippen molar-refractivity contribution in [2.45, 2.75) is 19.8 Å². The van der Waals surface area contributed by atoms with E-state index in [1.165, 1.54) is 5.69 Å². The van der Waals surface area contributed by atoms with Crippen molar-refractivity contribution in [3.8, 4) is 0 Å². The first-order valence-corrected chi connectivity index (χ1v) is 10.7. The van der Waals surface area contributed by atoms with Gasteiger partial charge < -0.3 is 20.0 Å². The molecule has 6 nitrogen and oxygen atoms in total. The first-order chi connectivity index (χ1) is 14.3. The Morgan fingerprint density at radius 1 is 1.03 bits per heavy atom. The van der Waals surface area contributed by atoms with Gasteiger partial charge in [-0.05, 0) is 44.0 Å². The second kappa shape index (κ2) is 11.3. The maximum atomic E-state index is 4.88. The van der Waals surface area contributed by atoms with Crippen LogP contribution in [-0.2, 0) is 0 Å². The lowest BCUT2D eigenvalue weighted by Crippen LogP contribution is -2.52. The minimum atomic E-state index is 0.866. The third-order valence-corrected chi connectivity index (χ3v) is 5.25. The van der Waals surface area contributed by atoms with E-state index in [2.05, 4.69) is 81.4 Å². The molecule has 0 spiro atoms. The van der Waals surface area contributed by atoms with Crippen molar-refractivity contribution in [2.75, 3.05) is 62.7 Å². The summed E-state index contributed by atoms with van der Waals surface area (Å²) in [5, 5.41) is 3.46. The van der Waals surface area contributed by atoms with Gasteiger partial charge in [0.1, 0.15) is 5.82 Å². The van der Waals surface area contributed by atoms with Crippen LogP contribution in [0.5, 0.6) is 0 Å². The number of aromatic nitrogens is 1. The molecular formula is C23H34N6. The third-order valence-electron chi connectivity index (χ3n) is 5.25. The SMILES string of the molecule is CCNC(=NCCCCN(C)c1ccccc1)N1CCN(c2ccccn2)CC1. The highest BCUT2D eigenvalue weighted by Gasteiger charge is 2.20. The number of benzene rings is 1. The molecule has 2 heterocycles. The fourth-order valence-corrected chi connectivity index (χ4v) is 3.57. The molecule has 6 heteroatoms. The van der Waals surface area contributed by atoms with Crippen LogP contribution in [0.25, 0.3) is 0 Å². The Morgan fingerprint density at radius 3 is 2.48 bits per heavy atom. The number of pyridine rings is 1.